The Morgan fingerprint density at radius 2 is 1.57 bits per heavy atom. The highest BCUT2D eigenvalue weighted by Crippen LogP contribution is 2.15. The second kappa shape index (κ2) is 12.2. The number of anilines is 3. The first-order valence-corrected chi connectivity index (χ1v) is 9.82. The van der Waals surface area contributed by atoms with E-state index in [9.17, 15) is 14.4 Å². The molecule has 0 fully saturated rings. The molecule has 0 aliphatic carbocycles. The van der Waals surface area contributed by atoms with E-state index in [2.05, 4.69) is 21.3 Å². The zero-order valence-electron chi connectivity index (χ0n) is 17.3. The first kappa shape index (κ1) is 22.9. The van der Waals surface area contributed by atoms with Crippen molar-refractivity contribution in [3.05, 3.63) is 54.1 Å². The van der Waals surface area contributed by atoms with Crippen LogP contribution in [0.25, 0.3) is 0 Å². The Morgan fingerprint density at radius 3 is 2.27 bits per heavy atom. The van der Waals surface area contributed by atoms with Crippen molar-refractivity contribution in [2.24, 2.45) is 0 Å². The highest BCUT2D eigenvalue weighted by atomic mass is 16.5. The van der Waals surface area contributed by atoms with Crippen LogP contribution in [0, 0.1) is 0 Å². The Bertz CT molecular complexity index is 870. The number of ether oxygens (including phenoxy) is 1. The monoisotopic (exact) mass is 412 g/mol. The van der Waals surface area contributed by atoms with Gasteiger partial charge in [0, 0.05) is 49.3 Å². The molecule has 2 aromatic rings. The minimum atomic E-state index is -0.247. The molecule has 4 N–H and O–H groups in total. The third-order valence-electron chi connectivity index (χ3n) is 4.14. The van der Waals surface area contributed by atoms with Crippen molar-refractivity contribution in [3.8, 4) is 0 Å². The molecule has 2 rings (SSSR count). The summed E-state index contributed by atoms with van der Waals surface area (Å²) in [5.41, 5.74) is 2.38. The molecule has 0 saturated carbocycles. The molecule has 0 bridgehead atoms. The first-order chi connectivity index (χ1) is 14.5. The van der Waals surface area contributed by atoms with Gasteiger partial charge in [-0.25, -0.2) is 0 Å². The van der Waals surface area contributed by atoms with Crippen LogP contribution < -0.4 is 21.3 Å². The van der Waals surface area contributed by atoms with Gasteiger partial charge in [-0.05, 0) is 42.8 Å². The van der Waals surface area contributed by atoms with E-state index < -0.39 is 0 Å². The number of amides is 3. The van der Waals surface area contributed by atoms with Crippen LogP contribution in [0.5, 0.6) is 0 Å². The van der Waals surface area contributed by atoms with Crippen molar-refractivity contribution < 1.29 is 19.1 Å². The third kappa shape index (κ3) is 7.92. The highest BCUT2D eigenvalue weighted by Gasteiger charge is 2.08. The Morgan fingerprint density at radius 1 is 0.900 bits per heavy atom. The van der Waals surface area contributed by atoms with Gasteiger partial charge >= 0.3 is 0 Å². The smallest absolute Gasteiger partial charge is 0.251 e. The van der Waals surface area contributed by atoms with E-state index in [4.69, 9.17) is 4.74 Å². The van der Waals surface area contributed by atoms with Crippen LogP contribution in [-0.4, -0.2) is 44.5 Å². The van der Waals surface area contributed by atoms with Gasteiger partial charge in [0.2, 0.25) is 11.8 Å². The van der Waals surface area contributed by atoms with Crippen molar-refractivity contribution >= 4 is 34.8 Å². The Kier molecular flexibility index (Phi) is 9.33. The van der Waals surface area contributed by atoms with Gasteiger partial charge in [-0.15, -0.1) is 0 Å². The average molecular weight is 412 g/mol. The standard InChI is InChI=1S/C22H28N4O4/c1-3-20(27)25-18-9-5-10-19(14-18)26-21(28)15-24-17-8-4-7-16(13-17)22(29)23-11-6-12-30-2/h4-5,7-10,13-14,24H,3,6,11-12,15H2,1-2H3,(H,23,29)(H,25,27)(H,26,28). The molecule has 30 heavy (non-hydrogen) atoms. The highest BCUT2D eigenvalue weighted by molar-refractivity contribution is 5.97. The number of rotatable bonds is 11. The lowest BCUT2D eigenvalue weighted by molar-refractivity contribution is -0.116. The Hall–Kier alpha value is -3.39. The molecular formula is C22H28N4O4. The number of carbonyl (C=O) groups excluding carboxylic acids is 3. The summed E-state index contributed by atoms with van der Waals surface area (Å²) in [7, 11) is 1.62. The normalized spacial score (nSPS) is 10.2. The molecule has 160 valence electrons. The summed E-state index contributed by atoms with van der Waals surface area (Å²) in [6.45, 7) is 2.92. The lowest BCUT2D eigenvalue weighted by Gasteiger charge is -2.11. The van der Waals surface area contributed by atoms with Crippen LogP contribution in [0.15, 0.2) is 48.5 Å². The SMILES string of the molecule is CCC(=O)Nc1cccc(NC(=O)CNc2cccc(C(=O)NCCCOC)c2)c1. The summed E-state index contributed by atoms with van der Waals surface area (Å²) < 4.78 is 4.96. The maximum absolute atomic E-state index is 12.2. The topological polar surface area (TPSA) is 109 Å². The summed E-state index contributed by atoms with van der Waals surface area (Å²) in [4.78, 5) is 35.9. The van der Waals surface area contributed by atoms with Crippen molar-refractivity contribution in [1.29, 1.82) is 0 Å². The fraction of sp³-hybridized carbons (Fsp3) is 0.318. The van der Waals surface area contributed by atoms with Gasteiger partial charge in [0.1, 0.15) is 0 Å². The number of benzene rings is 2. The maximum Gasteiger partial charge on any atom is 0.251 e. The first-order valence-electron chi connectivity index (χ1n) is 9.82. The molecule has 2 aromatic carbocycles. The fourth-order valence-electron chi connectivity index (χ4n) is 2.60. The van der Waals surface area contributed by atoms with Gasteiger partial charge in [0.15, 0.2) is 0 Å². The van der Waals surface area contributed by atoms with E-state index in [1.807, 2.05) is 0 Å². The average Bonchev–Trinajstić information content (AvgIpc) is 2.75. The van der Waals surface area contributed by atoms with E-state index in [-0.39, 0.29) is 24.3 Å². The molecule has 0 aromatic heterocycles. The number of nitrogens with one attached hydrogen (secondary N) is 4. The Balaban J connectivity index is 1.85. The van der Waals surface area contributed by atoms with Crippen LogP contribution in [0.4, 0.5) is 17.1 Å². The van der Waals surface area contributed by atoms with Crippen LogP contribution in [-0.2, 0) is 14.3 Å². The predicted octanol–water partition coefficient (Wildman–Crippen LogP) is 2.85. The third-order valence-corrected chi connectivity index (χ3v) is 4.14. The van der Waals surface area contributed by atoms with E-state index in [1.54, 1.807) is 62.6 Å². The second-order valence-corrected chi connectivity index (χ2v) is 6.57. The molecular weight excluding hydrogens is 384 g/mol. The molecule has 0 aliphatic rings. The van der Waals surface area contributed by atoms with Gasteiger partial charge in [-0.1, -0.05) is 19.1 Å². The summed E-state index contributed by atoms with van der Waals surface area (Å²) in [6, 6.07) is 13.9. The number of hydrogen-bond donors (Lipinski definition) is 4. The van der Waals surface area contributed by atoms with E-state index in [0.29, 0.717) is 42.2 Å². The summed E-state index contributed by atoms with van der Waals surface area (Å²) >= 11 is 0. The lowest BCUT2D eigenvalue weighted by atomic mass is 10.2. The molecule has 8 heteroatoms. The van der Waals surface area contributed by atoms with E-state index in [1.165, 1.54) is 0 Å². The van der Waals surface area contributed by atoms with Gasteiger partial charge in [-0.3, -0.25) is 14.4 Å². The lowest BCUT2D eigenvalue weighted by Crippen LogP contribution is -2.25. The molecule has 0 radical (unpaired) electrons. The minimum Gasteiger partial charge on any atom is -0.385 e. The van der Waals surface area contributed by atoms with Crippen LogP contribution >= 0.6 is 0 Å². The Labute approximate surface area is 176 Å². The van der Waals surface area contributed by atoms with Crippen molar-refractivity contribution in [3.63, 3.8) is 0 Å². The summed E-state index contributed by atoms with van der Waals surface area (Å²) in [6.07, 6.45) is 1.12. The largest absolute Gasteiger partial charge is 0.385 e. The number of hydrogen-bond acceptors (Lipinski definition) is 5. The second-order valence-electron chi connectivity index (χ2n) is 6.57. The van der Waals surface area contributed by atoms with Gasteiger partial charge < -0.3 is 26.0 Å². The molecule has 0 atom stereocenters. The zero-order chi connectivity index (χ0) is 21.8. The molecule has 0 saturated heterocycles. The van der Waals surface area contributed by atoms with Crippen LogP contribution in [0.2, 0.25) is 0 Å². The summed E-state index contributed by atoms with van der Waals surface area (Å²) in [5.74, 6) is -0.517. The quantitative estimate of drug-likeness (QED) is 0.425. The molecule has 3 amide bonds. The van der Waals surface area contributed by atoms with E-state index >= 15 is 0 Å². The van der Waals surface area contributed by atoms with Crippen LogP contribution in [0.1, 0.15) is 30.1 Å². The van der Waals surface area contributed by atoms with Crippen molar-refractivity contribution in [2.75, 3.05) is 42.8 Å². The molecule has 8 nitrogen and oxygen atoms in total. The number of methoxy groups -OCH3 is 1. The molecule has 0 spiro atoms. The van der Waals surface area contributed by atoms with Crippen LogP contribution in [0.3, 0.4) is 0 Å². The molecule has 0 aliphatic heterocycles. The van der Waals surface area contributed by atoms with Crippen molar-refractivity contribution in [2.45, 2.75) is 19.8 Å². The minimum absolute atomic E-state index is 0.0322. The van der Waals surface area contributed by atoms with Gasteiger partial charge in [0.05, 0.1) is 6.54 Å². The fourth-order valence-corrected chi connectivity index (χ4v) is 2.60. The molecule has 0 heterocycles. The van der Waals surface area contributed by atoms with Gasteiger partial charge in [-0.2, -0.15) is 0 Å². The van der Waals surface area contributed by atoms with Gasteiger partial charge in [0.25, 0.3) is 5.91 Å². The maximum atomic E-state index is 12.2. The van der Waals surface area contributed by atoms with Crippen molar-refractivity contribution in [1.82, 2.24) is 5.32 Å². The zero-order valence-corrected chi connectivity index (χ0v) is 17.3. The predicted molar refractivity (Wildman–Crippen MR) is 118 cm³/mol. The summed E-state index contributed by atoms with van der Waals surface area (Å²) in [5, 5.41) is 11.4. The van der Waals surface area contributed by atoms with E-state index in [0.717, 1.165) is 6.42 Å². The number of carbonyl (C=O) groups is 3. The molecule has 0 unspecified atom stereocenters.